The summed E-state index contributed by atoms with van der Waals surface area (Å²) in [6.07, 6.45) is 5.88. The zero-order valence-corrected chi connectivity index (χ0v) is 11.5. The summed E-state index contributed by atoms with van der Waals surface area (Å²) in [5.74, 6) is 0. The van der Waals surface area contributed by atoms with E-state index in [0.717, 1.165) is 6.42 Å². The first-order chi connectivity index (χ1) is 8.72. The lowest BCUT2D eigenvalue weighted by molar-refractivity contribution is 0.910. The third kappa shape index (κ3) is 1.59. The fourth-order valence-electron chi connectivity index (χ4n) is 3.26. The Morgan fingerprint density at radius 3 is 2.78 bits per heavy atom. The predicted octanol–water partition coefficient (Wildman–Crippen LogP) is 5.06. The van der Waals surface area contributed by atoms with E-state index in [0.29, 0.717) is 0 Å². The molecule has 0 amide bonds. The normalized spacial score (nSPS) is 13.8. The van der Waals surface area contributed by atoms with Crippen LogP contribution < -0.4 is 0 Å². The molecule has 1 aliphatic carbocycles. The average molecular weight is 236 g/mol. The Labute approximate surface area is 109 Å². The molecule has 0 nitrogen and oxygen atoms in total. The number of hydrogen-bond donors (Lipinski definition) is 0. The maximum atomic E-state index is 2.38. The topological polar surface area (TPSA) is 0 Å². The van der Waals surface area contributed by atoms with Gasteiger partial charge in [-0.1, -0.05) is 43.7 Å². The van der Waals surface area contributed by atoms with Gasteiger partial charge in [0, 0.05) is 0 Å². The molecule has 0 spiro atoms. The van der Waals surface area contributed by atoms with Crippen molar-refractivity contribution >= 4 is 16.3 Å². The highest BCUT2D eigenvalue weighted by Gasteiger charge is 2.17. The molecule has 0 heterocycles. The van der Waals surface area contributed by atoms with Crippen molar-refractivity contribution in [3.63, 3.8) is 0 Å². The van der Waals surface area contributed by atoms with Crippen LogP contribution in [0.25, 0.3) is 16.3 Å². The summed E-state index contributed by atoms with van der Waals surface area (Å²) in [6.45, 7) is 6.79. The SMILES string of the molecule is CCCc1c(C)cc2cccc3c2c1C(C)=CC3. The molecule has 0 N–H and O–H groups in total. The number of benzene rings is 2. The van der Waals surface area contributed by atoms with Crippen molar-refractivity contribution in [2.45, 2.75) is 40.0 Å². The summed E-state index contributed by atoms with van der Waals surface area (Å²) in [5, 5.41) is 2.92. The van der Waals surface area contributed by atoms with Gasteiger partial charge in [0.25, 0.3) is 0 Å². The van der Waals surface area contributed by atoms with E-state index < -0.39 is 0 Å². The van der Waals surface area contributed by atoms with Crippen LogP contribution in [-0.2, 0) is 12.8 Å². The molecule has 0 heteroatoms. The molecule has 0 radical (unpaired) electrons. The fourth-order valence-corrected chi connectivity index (χ4v) is 3.26. The van der Waals surface area contributed by atoms with Gasteiger partial charge in [0.15, 0.2) is 0 Å². The lowest BCUT2D eigenvalue weighted by atomic mass is 9.82. The second-order valence-electron chi connectivity index (χ2n) is 5.40. The van der Waals surface area contributed by atoms with Crippen LogP contribution in [-0.4, -0.2) is 0 Å². The van der Waals surface area contributed by atoms with E-state index in [4.69, 9.17) is 0 Å². The van der Waals surface area contributed by atoms with Crippen LogP contribution in [0.4, 0.5) is 0 Å². The Hall–Kier alpha value is -1.56. The highest BCUT2D eigenvalue weighted by Crippen LogP contribution is 2.37. The van der Waals surface area contributed by atoms with Crippen LogP contribution in [0.3, 0.4) is 0 Å². The van der Waals surface area contributed by atoms with Gasteiger partial charge in [-0.3, -0.25) is 0 Å². The minimum atomic E-state index is 1.09. The van der Waals surface area contributed by atoms with E-state index in [1.54, 1.807) is 5.56 Å². The minimum absolute atomic E-state index is 1.09. The number of aryl methyl sites for hydroxylation is 1. The Morgan fingerprint density at radius 1 is 1.17 bits per heavy atom. The Morgan fingerprint density at radius 2 is 2.00 bits per heavy atom. The Kier molecular flexibility index (Phi) is 2.74. The van der Waals surface area contributed by atoms with Crippen molar-refractivity contribution in [1.82, 2.24) is 0 Å². The molecule has 1 aliphatic rings. The zero-order chi connectivity index (χ0) is 12.7. The van der Waals surface area contributed by atoms with Gasteiger partial charge in [-0.25, -0.2) is 0 Å². The molecule has 0 atom stereocenters. The first kappa shape index (κ1) is 11.5. The second kappa shape index (κ2) is 4.28. The molecule has 18 heavy (non-hydrogen) atoms. The van der Waals surface area contributed by atoms with Gasteiger partial charge in [0.2, 0.25) is 0 Å². The van der Waals surface area contributed by atoms with Gasteiger partial charge < -0.3 is 0 Å². The van der Waals surface area contributed by atoms with Gasteiger partial charge in [-0.2, -0.15) is 0 Å². The van der Waals surface area contributed by atoms with Crippen molar-refractivity contribution < 1.29 is 0 Å². The zero-order valence-electron chi connectivity index (χ0n) is 11.5. The summed E-state index contributed by atoms with van der Waals surface area (Å²) in [6, 6.07) is 9.09. The Balaban J connectivity index is 2.44. The number of allylic oxidation sites excluding steroid dienone is 2. The summed E-state index contributed by atoms with van der Waals surface area (Å²) in [5.41, 5.74) is 7.49. The van der Waals surface area contributed by atoms with Crippen molar-refractivity contribution in [2.24, 2.45) is 0 Å². The maximum Gasteiger partial charge on any atom is -0.00707 e. The van der Waals surface area contributed by atoms with Crippen LogP contribution in [0.5, 0.6) is 0 Å². The second-order valence-corrected chi connectivity index (χ2v) is 5.40. The molecule has 3 rings (SSSR count). The average Bonchev–Trinajstić information content (AvgIpc) is 2.36. The molecule has 2 aromatic rings. The van der Waals surface area contributed by atoms with Crippen molar-refractivity contribution in [3.8, 4) is 0 Å². The number of rotatable bonds is 2. The van der Waals surface area contributed by atoms with Gasteiger partial charge in [0.1, 0.15) is 0 Å². The van der Waals surface area contributed by atoms with E-state index in [9.17, 15) is 0 Å². The van der Waals surface area contributed by atoms with Crippen LogP contribution in [0.15, 0.2) is 30.3 Å². The van der Waals surface area contributed by atoms with Crippen molar-refractivity contribution in [3.05, 3.63) is 52.6 Å². The quantitative estimate of drug-likeness (QED) is 0.683. The molecular formula is C18H20. The van der Waals surface area contributed by atoms with Gasteiger partial charge in [-0.15, -0.1) is 0 Å². The lowest BCUT2D eigenvalue weighted by Gasteiger charge is -2.22. The summed E-state index contributed by atoms with van der Waals surface area (Å²) < 4.78 is 0. The minimum Gasteiger partial charge on any atom is -0.0765 e. The molecule has 0 bridgehead atoms. The standard InChI is InChI=1S/C18H20/c1-4-6-16-13(3)11-15-8-5-7-14-10-9-12(2)17(16)18(14)15/h5,7-9,11H,4,6,10H2,1-3H3. The molecular weight excluding hydrogens is 216 g/mol. The van der Waals surface area contributed by atoms with Crippen LogP contribution in [0.1, 0.15) is 42.5 Å². The summed E-state index contributed by atoms with van der Waals surface area (Å²) >= 11 is 0. The third-order valence-electron chi connectivity index (χ3n) is 4.11. The summed E-state index contributed by atoms with van der Waals surface area (Å²) in [4.78, 5) is 0. The summed E-state index contributed by atoms with van der Waals surface area (Å²) in [7, 11) is 0. The lowest BCUT2D eigenvalue weighted by Crippen LogP contribution is -2.03. The largest absolute Gasteiger partial charge is 0.0765 e. The third-order valence-corrected chi connectivity index (χ3v) is 4.11. The van der Waals surface area contributed by atoms with Crippen molar-refractivity contribution in [2.75, 3.05) is 0 Å². The molecule has 0 saturated carbocycles. The van der Waals surface area contributed by atoms with Crippen LogP contribution in [0.2, 0.25) is 0 Å². The Bertz CT molecular complexity index is 645. The first-order valence-electron chi connectivity index (χ1n) is 6.93. The smallest absolute Gasteiger partial charge is 0.00707 e. The van der Waals surface area contributed by atoms with E-state index in [1.165, 1.54) is 45.9 Å². The molecule has 92 valence electrons. The molecule has 0 aromatic heterocycles. The molecule has 0 saturated heterocycles. The molecule has 0 aliphatic heterocycles. The highest BCUT2D eigenvalue weighted by atomic mass is 14.2. The fraction of sp³-hybridized carbons (Fsp3) is 0.333. The van der Waals surface area contributed by atoms with E-state index in [1.807, 2.05) is 0 Å². The highest BCUT2D eigenvalue weighted by molar-refractivity contribution is 5.99. The van der Waals surface area contributed by atoms with E-state index >= 15 is 0 Å². The first-order valence-corrected chi connectivity index (χ1v) is 6.93. The van der Waals surface area contributed by atoms with Gasteiger partial charge in [-0.05, 0) is 65.3 Å². The van der Waals surface area contributed by atoms with Gasteiger partial charge >= 0.3 is 0 Å². The molecule has 0 unspecified atom stereocenters. The maximum absolute atomic E-state index is 2.38. The molecule has 0 fully saturated rings. The van der Waals surface area contributed by atoms with Gasteiger partial charge in [0.05, 0.1) is 0 Å². The predicted molar refractivity (Wildman–Crippen MR) is 80.0 cm³/mol. The van der Waals surface area contributed by atoms with E-state index in [-0.39, 0.29) is 0 Å². The van der Waals surface area contributed by atoms with E-state index in [2.05, 4.69) is 51.1 Å². The monoisotopic (exact) mass is 236 g/mol. The van der Waals surface area contributed by atoms with Crippen LogP contribution >= 0.6 is 0 Å². The molecule has 2 aromatic carbocycles. The number of hydrogen-bond acceptors (Lipinski definition) is 0. The van der Waals surface area contributed by atoms with Crippen LogP contribution in [0, 0.1) is 6.92 Å². The van der Waals surface area contributed by atoms with Crippen molar-refractivity contribution in [1.29, 1.82) is 0 Å².